The molecule has 250 valence electrons. The van der Waals surface area contributed by atoms with Crippen molar-refractivity contribution in [3.05, 3.63) is 59.7 Å². The molecule has 0 radical (unpaired) electrons. The van der Waals surface area contributed by atoms with E-state index >= 15 is 0 Å². The number of carbonyl (C=O) groups is 3. The number of anilines is 3. The summed E-state index contributed by atoms with van der Waals surface area (Å²) in [7, 11) is 0. The number of benzene rings is 2. The van der Waals surface area contributed by atoms with Gasteiger partial charge in [0.25, 0.3) is 0 Å². The summed E-state index contributed by atoms with van der Waals surface area (Å²) < 4.78 is 25.0. The minimum absolute atomic E-state index is 0.0174. The highest BCUT2D eigenvalue weighted by Crippen LogP contribution is 2.36. The van der Waals surface area contributed by atoms with Crippen molar-refractivity contribution in [1.29, 1.82) is 0 Å². The molecule has 2 aliphatic rings. The summed E-state index contributed by atoms with van der Waals surface area (Å²) in [5.41, 5.74) is 1.09. The molecule has 2 fully saturated rings. The van der Waals surface area contributed by atoms with Crippen molar-refractivity contribution in [2.45, 2.75) is 33.6 Å². The number of hydrogen-bond acceptors (Lipinski definition) is 10. The summed E-state index contributed by atoms with van der Waals surface area (Å²) in [6.45, 7) is 9.22. The number of rotatable bonds is 13. The summed E-state index contributed by atoms with van der Waals surface area (Å²) in [4.78, 5) is 50.2. The number of nitrogens with zero attached hydrogens (tertiary/aromatic N) is 4. The van der Waals surface area contributed by atoms with Crippen molar-refractivity contribution in [2.75, 3.05) is 63.1 Å². The Hall–Kier alpha value is -4.13. The van der Waals surface area contributed by atoms with Crippen molar-refractivity contribution in [3.8, 4) is 5.75 Å². The number of ketones is 1. The molecule has 1 aliphatic carbocycles. The zero-order valence-corrected chi connectivity index (χ0v) is 27.6. The van der Waals surface area contributed by atoms with Crippen LogP contribution in [0.3, 0.4) is 0 Å². The molecule has 0 spiro atoms. The van der Waals surface area contributed by atoms with Gasteiger partial charge < -0.3 is 20.1 Å². The Morgan fingerprint density at radius 1 is 1.06 bits per heavy atom. The highest BCUT2D eigenvalue weighted by Gasteiger charge is 2.25. The Bertz CT molecular complexity index is 1650. The van der Waals surface area contributed by atoms with Gasteiger partial charge in [-0.3, -0.25) is 24.2 Å². The lowest BCUT2D eigenvalue weighted by molar-refractivity contribution is -0.151. The average molecular weight is 667 g/mol. The number of Topliss-reactive ketones (excluding diaryl/α,β-unsaturated/α-hetero) is 1. The average Bonchev–Trinajstić information content (AvgIpc) is 3.86. The maximum atomic E-state index is 13.7. The molecule has 2 heterocycles. The molecule has 1 saturated heterocycles. The Labute approximate surface area is 278 Å². The van der Waals surface area contributed by atoms with Gasteiger partial charge in [-0.05, 0) is 43.0 Å². The first-order valence-corrected chi connectivity index (χ1v) is 16.1. The van der Waals surface area contributed by atoms with E-state index in [-0.39, 0.29) is 29.9 Å². The normalized spacial score (nSPS) is 15.9. The minimum Gasteiger partial charge on any atom is -0.491 e. The number of fused-ring (bicyclic) bond motifs is 1. The monoisotopic (exact) mass is 666 g/mol. The number of carbonyl (C=O) groups excluding carboxylic acids is 3. The fraction of sp³-hybridized carbons (Fsp3) is 0.441. The third-order valence-corrected chi connectivity index (χ3v) is 8.29. The van der Waals surface area contributed by atoms with E-state index in [1.807, 2.05) is 4.90 Å². The second-order valence-corrected chi connectivity index (χ2v) is 13.3. The number of aromatic nitrogens is 2. The van der Waals surface area contributed by atoms with Crippen molar-refractivity contribution < 1.29 is 28.2 Å². The molecule has 2 aromatic carbocycles. The van der Waals surface area contributed by atoms with Gasteiger partial charge in [-0.2, -0.15) is 0 Å². The molecule has 0 unspecified atom stereocenters. The molecule has 1 aliphatic heterocycles. The van der Waals surface area contributed by atoms with Crippen LogP contribution in [0.2, 0.25) is 5.02 Å². The van der Waals surface area contributed by atoms with Gasteiger partial charge >= 0.3 is 5.97 Å². The third kappa shape index (κ3) is 9.93. The summed E-state index contributed by atoms with van der Waals surface area (Å²) in [6.07, 6.45) is 6.95. The minimum atomic E-state index is -0.546. The Kier molecular flexibility index (Phi) is 11.1. The van der Waals surface area contributed by atoms with E-state index in [1.165, 1.54) is 24.5 Å². The van der Waals surface area contributed by atoms with Crippen LogP contribution >= 0.6 is 11.6 Å². The topological polar surface area (TPSA) is 126 Å². The van der Waals surface area contributed by atoms with Gasteiger partial charge in [0.15, 0.2) is 12.4 Å². The Balaban J connectivity index is 1.17. The van der Waals surface area contributed by atoms with Gasteiger partial charge in [-0.25, -0.2) is 14.4 Å². The summed E-state index contributed by atoms with van der Waals surface area (Å²) in [5.74, 6) is 0.119. The Morgan fingerprint density at radius 2 is 1.81 bits per heavy atom. The molecule has 1 saturated carbocycles. The summed E-state index contributed by atoms with van der Waals surface area (Å²) in [6, 6.07) is 7.84. The van der Waals surface area contributed by atoms with Crippen molar-refractivity contribution in [3.63, 3.8) is 0 Å². The molecule has 0 bridgehead atoms. The summed E-state index contributed by atoms with van der Waals surface area (Å²) >= 11 is 5.96. The number of amides is 1. The van der Waals surface area contributed by atoms with Crippen LogP contribution in [0.15, 0.2) is 48.8 Å². The second-order valence-electron chi connectivity index (χ2n) is 12.9. The van der Waals surface area contributed by atoms with E-state index in [9.17, 15) is 18.8 Å². The smallest absolute Gasteiger partial charge is 0.320 e. The van der Waals surface area contributed by atoms with Gasteiger partial charge in [0.2, 0.25) is 5.91 Å². The van der Waals surface area contributed by atoms with E-state index in [0.29, 0.717) is 66.0 Å². The highest BCUT2D eigenvalue weighted by molar-refractivity contribution is 6.31. The predicted octanol–water partition coefficient (Wildman–Crippen LogP) is 5.23. The largest absolute Gasteiger partial charge is 0.491 e. The van der Waals surface area contributed by atoms with Gasteiger partial charge in [-0.15, -0.1) is 0 Å². The van der Waals surface area contributed by atoms with Crippen molar-refractivity contribution >= 4 is 57.4 Å². The lowest BCUT2D eigenvalue weighted by Crippen LogP contribution is -2.48. The number of piperazine rings is 1. The fourth-order valence-electron chi connectivity index (χ4n) is 4.81. The number of nitrogens with one attached hydrogen (secondary N) is 2. The fourth-order valence-corrected chi connectivity index (χ4v) is 4.99. The van der Waals surface area contributed by atoms with Gasteiger partial charge in [0.1, 0.15) is 23.7 Å². The van der Waals surface area contributed by atoms with E-state index < -0.39 is 17.2 Å². The number of halogens is 2. The predicted molar refractivity (Wildman–Crippen MR) is 179 cm³/mol. The lowest BCUT2D eigenvalue weighted by Gasteiger charge is -2.33. The van der Waals surface area contributed by atoms with Crippen molar-refractivity contribution in [1.82, 2.24) is 19.8 Å². The van der Waals surface area contributed by atoms with Crippen LogP contribution in [0, 0.1) is 17.2 Å². The highest BCUT2D eigenvalue weighted by atomic mass is 35.5. The molecule has 13 heteroatoms. The molecule has 1 aromatic heterocycles. The zero-order valence-electron chi connectivity index (χ0n) is 26.9. The molecular weight excluding hydrogens is 627 g/mol. The van der Waals surface area contributed by atoms with Crippen LogP contribution in [-0.4, -0.2) is 89.9 Å². The Morgan fingerprint density at radius 3 is 2.51 bits per heavy atom. The quantitative estimate of drug-likeness (QED) is 0.185. The van der Waals surface area contributed by atoms with Gasteiger partial charge in [0.05, 0.1) is 29.4 Å². The van der Waals surface area contributed by atoms with Crippen molar-refractivity contribution in [2.24, 2.45) is 11.3 Å². The number of esters is 1. The van der Waals surface area contributed by atoms with E-state index in [1.54, 1.807) is 45.0 Å². The molecule has 5 rings (SSSR count). The zero-order chi connectivity index (χ0) is 33.6. The maximum absolute atomic E-state index is 13.7. The summed E-state index contributed by atoms with van der Waals surface area (Å²) in [5, 5.41) is 6.72. The van der Waals surface area contributed by atoms with Crippen LogP contribution in [0.25, 0.3) is 10.9 Å². The number of ether oxygens (including phenoxy) is 2. The van der Waals surface area contributed by atoms with Gasteiger partial charge in [-0.1, -0.05) is 38.4 Å². The first kappa shape index (κ1) is 34.2. The van der Waals surface area contributed by atoms with E-state index in [4.69, 9.17) is 21.1 Å². The molecule has 2 N–H and O–H groups in total. The van der Waals surface area contributed by atoms with Crippen LogP contribution in [-0.2, 0) is 19.1 Å². The first-order valence-electron chi connectivity index (χ1n) is 15.7. The van der Waals surface area contributed by atoms with Crippen LogP contribution in [0.4, 0.5) is 21.6 Å². The molecule has 1 amide bonds. The molecule has 47 heavy (non-hydrogen) atoms. The van der Waals surface area contributed by atoms with Crippen LogP contribution < -0.4 is 15.4 Å². The maximum Gasteiger partial charge on any atom is 0.320 e. The van der Waals surface area contributed by atoms with E-state index in [0.717, 1.165) is 25.9 Å². The molecule has 0 atom stereocenters. The van der Waals surface area contributed by atoms with Gasteiger partial charge in [0, 0.05) is 61.4 Å². The van der Waals surface area contributed by atoms with E-state index in [2.05, 4.69) is 25.5 Å². The lowest BCUT2D eigenvalue weighted by atomic mass is 9.91. The third-order valence-electron chi connectivity index (χ3n) is 8.00. The molecule has 11 nitrogen and oxygen atoms in total. The standard InChI is InChI=1S/C34H40ClFN6O5/c1-34(2,3)30(43)20-47-32(45)18-42-13-11-41(12-14-42)10-4-5-31(44)40-28-16-24-27(17-29(28)46-19-22-6-7-22)37-21-38-33(24)39-23-8-9-26(36)25(35)15-23/h4-5,8-9,15-17,21-22H,6-7,10-14,18-20H2,1-3H3,(H,40,44)(H,37,38,39). The second kappa shape index (κ2) is 15.2. The molecular formula is C34H40ClFN6O5. The molecule has 3 aromatic rings. The van der Waals surface area contributed by atoms with Crippen LogP contribution in [0.1, 0.15) is 33.6 Å². The van der Waals surface area contributed by atoms with Crippen LogP contribution in [0.5, 0.6) is 5.75 Å². The first-order chi connectivity index (χ1) is 22.4. The SMILES string of the molecule is CC(C)(C)C(=O)COC(=O)CN1CCN(CC=CC(=O)Nc2cc3c(Nc4ccc(F)c(Cl)c4)ncnc3cc2OCC2CC2)CC1. The number of hydrogen-bond donors (Lipinski definition) is 2.